The van der Waals surface area contributed by atoms with E-state index in [2.05, 4.69) is 20.3 Å². The number of anilines is 1. The van der Waals surface area contributed by atoms with Crippen LogP contribution in [-0.2, 0) is 17.0 Å². The van der Waals surface area contributed by atoms with Crippen LogP contribution in [0.1, 0.15) is 12.5 Å². The van der Waals surface area contributed by atoms with Gasteiger partial charge in [0.25, 0.3) is 0 Å². The Morgan fingerprint density at radius 1 is 1.26 bits per heavy atom. The van der Waals surface area contributed by atoms with Gasteiger partial charge in [-0.15, -0.1) is 0 Å². The number of nitrogens with two attached hydrogens (primary N) is 1. The molecule has 2 aromatic heterocycles. The third-order valence-electron chi connectivity index (χ3n) is 6.02. The number of fused-ring (bicyclic) bond motifs is 2. The standard InChI is InChI=1S/C20H24N6O5/c1-10-12(6-11-4-2-3-5-13(11)30-10)25-20(17(29)16(28)14(7-27)31-20)26-9-24-15-18(21)22-8-23-19(15)26/h2-5,8-10,12,14,16-17,25,27-29H,6-7H2,1H3,(H2,21,22,23)/t10?,12?,14-,16-,17-,20+/m1/s1. The van der Waals surface area contributed by atoms with Gasteiger partial charge in [-0.3, -0.25) is 9.88 Å². The minimum atomic E-state index is -1.67. The number of aliphatic hydroxyl groups excluding tert-OH is 3. The number of ether oxygens (including phenoxy) is 2. The van der Waals surface area contributed by atoms with E-state index < -0.39 is 30.8 Å². The van der Waals surface area contributed by atoms with Crippen LogP contribution >= 0.6 is 0 Å². The molecule has 1 fully saturated rings. The van der Waals surface area contributed by atoms with Gasteiger partial charge in [0.15, 0.2) is 11.5 Å². The molecule has 11 nitrogen and oxygen atoms in total. The van der Waals surface area contributed by atoms with E-state index in [0.717, 1.165) is 11.3 Å². The van der Waals surface area contributed by atoms with E-state index in [-0.39, 0.29) is 18.0 Å². The summed E-state index contributed by atoms with van der Waals surface area (Å²) in [4.78, 5) is 12.5. The van der Waals surface area contributed by atoms with Gasteiger partial charge in [-0.2, -0.15) is 0 Å². The first-order chi connectivity index (χ1) is 14.9. The van der Waals surface area contributed by atoms with Gasteiger partial charge in [0.2, 0.25) is 5.85 Å². The number of para-hydroxylation sites is 1. The smallest absolute Gasteiger partial charge is 0.234 e. The molecule has 0 amide bonds. The maximum Gasteiger partial charge on any atom is 0.234 e. The quantitative estimate of drug-likeness (QED) is 0.353. The SMILES string of the molecule is CC1Oc2ccccc2CC1N[C@@]1(n2cnc3c(N)ncnc32)O[C@H](CO)[C@@H](O)[C@H]1O. The number of rotatable bonds is 4. The minimum absolute atomic E-state index is 0.175. The normalized spacial score (nSPS) is 32.7. The molecule has 4 heterocycles. The van der Waals surface area contributed by atoms with Crippen molar-refractivity contribution < 1.29 is 24.8 Å². The topological polar surface area (TPSA) is 161 Å². The first-order valence-electron chi connectivity index (χ1n) is 10.1. The highest BCUT2D eigenvalue weighted by atomic mass is 16.6. The van der Waals surface area contributed by atoms with Crippen molar-refractivity contribution in [2.45, 2.75) is 49.7 Å². The lowest BCUT2D eigenvalue weighted by atomic mass is 9.96. The van der Waals surface area contributed by atoms with Crippen molar-refractivity contribution >= 4 is 17.0 Å². The zero-order chi connectivity index (χ0) is 21.8. The van der Waals surface area contributed by atoms with Crippen LogP contribution in [0.2, 0.25) is 0 Å². The zero-order valence-electron chi connectivity index (χ0n) is 16.8. The maximum absolute atomic E-state index is 11.1. The third-order valence-corrected chi connectivity index (χ3v) is 6.02. The molecular weight excluding hydrogens is 404 g/mol. The van der Waals surface area contributed by atoms with Crippen molar-refractivity contribution in [2.24, 2.45) is 0 Å². The predicted octanol–water partition coefficient (Wildman–Crippen LogP) is -0.886. The molecule has 31 heavy (non-hydrogen) atoms. The summed E-state index contributed by atoms with van der Waals surface area (Å²) >= 11 is 0. The molecule has 2 unspecified atom stereocenters. The van der Waals surface area contributed by atoms with Crippen LogP contribution in [0.15, 0.2) is 36.9 Å². The fourth-order valence-corrected chi connectivity index (χ4v) is 4.34. The van der Waals surface area contributed by atoms with Crippen LogP contribution in [0, 0.1) is 0 Å². The molecule has 1 aromatic carbocycles. The molecule has 0 bridgehead atoms. The first-order valence-corrected chi connectivity index (χ1v) is 10.1. The molecule has 3 aromatic rings. The number of aromatic nitrogens is 4. The largest absolute Gasteiger partial charge is 0.489 e. The van der Waals surface area contributed by atoms with E-state index in [1.165, 1.54) is 17.2 Å². The summed E-state index contributed by atoms with van der Waals surface area (Å²) in [6.45, 7) is 1.43. The Labute approximate surface area is 177 Å². The monoisotopic (exact) mass is 428 g/mol. The lowest BCUT2D eigenvalue weighted by molar-refractivity contribution is -0.178. The molecule has 2 aliphatic rings. The fourth-order valence-electron chi connectivity index (χ4n) is 4.34. The van der Waals surface area contributed by atoms with E-state index >= 15 is 0 Å². The first kappa shape index (κ1) is 20.1. The van der Waals surface area contributed by atoms with Crippen LogP contribution in [0.3, 0.4) is 0 Å². The van der Waals surface area contributed by atoms with Gasteiger partial charge in [-0.1, -0.05) is 18.2 Å². The number of hydrogen-bond acceptors (Lipinski definition) is 10. The van der Waals surface area contributed by atoms with Gasteiger partial charge >= 0.3 is 0 Å². The zero-order valence-corrected chi connectivity index (χ0v) is 16.8. The second kappa shape index (κ2) is 7.39. The number of hydrogen-bond donors (Lipinski definition) is 5. The van der Waals surface area contributed by atoms with Gasteiger partial charge in [0.05, 0.1) is 12.6 Å². The summed E-state index contributed by atoms with van der Waals surface area (Å²) in [5.41, 5.74) is 7.58. The van der Waals surface area contributed by atoms with Crippen LogP contribution in [-0.4, -0.2) is 71.9 Å². The molecule has 1 saturated heterocycles. The van der Waals surface area contributed by atoms with Crippen molar-refractivity contribution in [1.29, 1.82) is 0 Å². The predicted molar refractivity (Wildman–Crippen MR) is 109 cm³/mol. The number of aliphatic hydroxyl groups is 3. The molecule has 0 aliphatic carbocycles. The highest BCUT2D eigenvalue weighted by Crippen LogP contribution is 2.38. The van der Waals surface area contributed by atoms with E-state index in [9.17, 15) is 15.3 Å². The second-order valence-electron chi connectivity index (χ2n) is 7.90. The van der Waals surface area contributed by atoms with Crippen molar-refractivity contribution in [3.05, 3.63) is 42.5 Å². The van der Waals surface area contributed by atoms with Gasteiger partial charge in [0, 0.05) is 0 Å². The fraction of sp³-hybridized carbons (Fsp3) is 0.450. The molecule has 2 aliphatic heterocycles. The maximum atomic E-state index is 11.1. The minimum Gasteiger partial charge on any atom is -0.489 e. The molecule has 164 valence electrons. The lowest BCUT2D eigenvalue weighted by Gasteiger charge is -2.41. The summed E-state index contributed by atoms with van der Waals surface area (Å²) in [6.07, 6.45) is -0.787. The van der Waals surface area contributed by atoms with Gasteiger partial charge in [0.1, 0.15) is 48.3 Å². The number of benzene rings is 1. The highest BCUT2D eigenvalue weighted by molar-refractivity contribution is 5.81. The van der Waals surface area contributed by atoms with Crippen LogP contribution in [0.4, 0.5) is 5.82 Å². The van der Waals surface area contributed by atoms with Gasteiger partial charge < -0.3 is 30.5 Å². The Bertz CT molecular complexity index is 1110. The van der Waals surface area contributed by atoms with E-state index in [1.54, 1.807) is 0 Å². The molecule has 0 spiro atoms. The average Bonchev–Trinajstić information content (AvgIpc) is 3.31. The van der Waals surface area contributed by atoms with Crippen LogP contribution in [0.5, 0.6) is 5.75 Å². The Kier molecular flexibility index (Phi) is 4.79. The summed E-state index contributed by atoms with van der Waals surface area (Å²) in [5, 5.41) is 34.7. The summed E-state index contributed by atoms with van der Waals surface area (Å²) < 4.78 is 13.6. The number of nitrogens with zero attached hydrogens (tertiary/aromatic N) is 4. The molecular formula is C20H24N6O5. The number of nitrogens with one attached hydrogen (secondary N) is 1. The van der Waals surface area contributed by atoms with Gasteiger partial charge in [-0.05, 0) is 25.0 Å². The highest BCUT2D eigenvalue weighted by Gasteiger charge is 2.57. The Morgan fingerprint density at radius 3 is 2.84 bits per heavy atom. The number of nitrogen functional groups attached to an aromatic ring is 1. The van der Waals surface area contributed by atoms with Crippen LogP contribution in [0.25, 0.3) is 11.2 Å². The molecule has 6 atom stereocenters. The van der Waals surface area contributed by atoms with E-state index in [1.807, 2.05) is 31.2 Å². The van der Waals surface area contributed by atoms with Crippen LogP contribution < -0.4 is 15.8 Å². The van der Waals surface area contributed by atoms with E-state index in [0.29, 0.717) is 17.6 Å². The summed E-state index contributed by atoms with van der Waals surface area (Å²) in [5.74, 6) is -0.692. The number of imidazole rings is 1. The lowest BCUT2D eigenvalue weighted by Crippen LogP contribution is -2.62. The van der Waals surface area contributed by atoms with Crippen molar-refractivity contribution in [3.8, 4) is 5.75 Å². The Hall–Kier alpha value is -2.83. The van der Waals surface area contributed by atoms with E-state index in [4.69, 9.17) is 15.2 Å². The molecule has 11 heteroatoms. The molecule has 5 rings (SSSR count). The third kappa shape index (κ3) is 3.05. The van der Waals surface area contributed by atoms with Crippen molar-refractivity contribution in [1.82, 2.24) is 24.8 Å². The molecule has 0 saturated carbocycles. The Morgan fingerprint density at radius 2 is 2.06 bits per heavy atom. The van der Waals surface area contributed by atoms with Crippen molar-refractivity contribution in [2.75, 3.05) is 12.3 Å². The molecule has 0 radical (unpaired) electrons. The van der Waals surface area contributed by atoms with Gasteiger partial charge in [-0.25, -0.2) is 15.0 Å². The second-order valence-corrected chi connectivity index (χ2v) is 7.90. The summed E-state index contributed by atoms with van der Waals surface area (Å²) in [6, 6.07) is 7.42. The average molecular weight is 428 g/mol. The van der Waals surface area contributed by atoms with Crippen molar-refractivity contribution in [3.63, 3.8) is 0 Å². The summed E-state index contributed by atoms with van der Waals surface area (Å²) in [7, 11) is 0. The molecule has 6 N–H and O–H groups in total. The Balaban J connectivity index is 1.60.